The van der Waals surface area contributed by atoms with Crippen molar-refractivity contribution in [2.24, 2.45) is 5.41 Å². The van der Waals surface area contributed by atoms with Crippen molar-refractivity contribution in [3.63, 3.8) is 0 Å². The Hall–Kier alpha value is -2.88. The van der Waals surface area contributed by atoms with E-state index in [-0.39, 0.29) is 24.7 Å². The molecule has 4 heteroatoms. The summed E-state index contributed by atoms with van der Waals surface area (Å²) >= 11 is 0. The van der Waals surface area contributed by atoms with Gasteiger partial charge in [-0.3, -0.25) is 15.0 Å². The molecule has 1 N–H and O–H groups in total. The fraction of sp³-hybridized carbons (Fsp3) is 0.158. The number of hydrazine groups is 1. The first-order chi connectivity index (χ1) is 11.1. The van der Waals surface area contributed by atoms with E-state index in [1.165, 1.54) is 5.01 Å². The van der Waals surface area contributed by atoms with Gasteiger partial charge in [-0.1, -0.05) is 42.5 Å². The van der Waals surface area contributed by atoms with E-state index in [0.717, 1.165) is 10.8 Å². The third-order valence-corrected chi connectivity index (χ3v) is 4.24. The van der Waals surface area contributed by atoms with E-state index in [4.69, 9.17) is 0 Å². The Bertz CT molecular complexity index is 800. The molecule has 0 saturated carbocycles. The second-order valence-electron chi connectivity index (χ2n) is 5.68. The molecule has 1 heterocycles. The van der Waals surface area contributed by atoms with Crippen LogP contribution >= 0.6 is 0 Å². The van der Waals surface area contributed by atoms with E-state index in [1.54, 1.807) is 12.2 Å². The monoisotopic (exact) mass is 306 g/mol. The highest BCUT2D eigenvalue weighted by Crippen LogP contribution is 2.37. The molecule has 2 aromatic carbocycles. The Kier molecular flexibility index (Phi) is 3.74. The number of benzene rings is 2. The van der Waals surface area contributed by atoms with E-state index < -0.39 is 5.41 Å². The van der Waals surface area contributed by atoms with Crippen LogP contribution in [0.2, 0.25) is 0 Å². The Morgan fingerprint density at radius 2 is 1.65 bits per heavy atom. The molecule has 3 rings (SSSR count). The van der Waals surface area contributed by atoms with Crippen molar-refractivity contribution < 1.29 is 9.59 Å². The molecule has 0 spiro atoms. The molecule has 23 heavy (non-hydrogen) atoms. The van der Waals surface area contributed by atoms with Crippen molar-refractivity contribution in [1.29, 1.82) is 0 Å². The summed E-state index contributed by atoms with van der Waals surface area (Å²) in [5, 5.41) is 3.43. The van der Waals surface area contributed by atoms with Crippen molar-refractivity contribution in [3.8, 4) is 0 Å². The number of fused-ring (bicyclic) bond motifs is 1. The maximum absolute atomic E-state index is 12.9. The third kappa shape index (κ3) is 2.32. The number of nitrogens with zero attached hydrogens (tertiary/aromatic N) is 1. The first-order valence-corrected chi connectivity index (χ1v) is 7.48. The van der Waals surface area contributed by atoms with Crippen LogP contribution in [0.5, 0.6) is 0 Å². The quantitative estimate of drug-likeness (QED) is 0.680. The molecular formula is C19H18N2O2. The number of hydrogen-bond acceptors (Lipinski definition) is 2. The summed E-state index contributed by atoms with van der Waals surface area (Å²) in [7, 11) is 0. The van der Waals surface area contributed by atoms with Crippen LogP contribution in [-0.2, 0) is 9.59 Å². The number of hydrogen-bond donors (Lipinski definition) is 1. The van der Waals surface area contributed by atoms with Gasteiger partial charge in [0, 0.05) is 0 Å². The lowest BCUT2D eigenvalue weighted by Crippen LogP contribution is -2.37. The highest BCUT2D eigenvalue weighted by Gasteiger charge is 2.53. The number of rotatable bonds is 5. The second kappa shape index (κ2) is 5.72. The number of amides is 2. The lowest BCUT2D eigenvalue weighted by molar-refractivity contribution is -0.135. The Balaban J connectivity index is 2.02. The predicted octanol–water partition coefficient (Wildman–Crippen LogP) is 3.36. The van der Waals surface area contributed by atoms with E-state index in [0.29, 0.717) is 5.69 Å². The van der Waals surface area contributed by atoms with E-state index in [1.807, 2.05) is 42.5 Å². The van der Waals surface area contributed by atoms with E-state index >= 15 is 0 Å². The topological polar surface area (TPSA) is 49.4 Å². The maximum atomic E-state index is 12.9. The van der Waals surface area contributed by atoms with Crippen molar-refractivity contribution in [3.05, 3.63) is 67.8 Å². The van der Waals surface area contributed by atoms with Gasteiger partial charge in [-0.25, -0.2) is 5.01 Å². The molecule has 0 radical (unpaired) electrons. The van der Waals surface area contributed by atoms with Gasteiger partial charge < -0.3 is 0 Å². The zero-order valence-corrected chi connectivity index (χ0v) is 12.8. The largest absolute Gasteiger partial charge is 0.272 e. The Morgan fingerprint density at radius 1 is 1.00 bits per heavy atom. The number of nitrogens with one attached hydrogen (secondary N) is 1. The molecule has 0 aromatic heterocycles. The molecule has 1 fully saturated rings. The minimum atomic E-state index is -1.14. The first kappa shape index (κ1) is 15.0. The molecule has 2 amide bonds. The first-order valence-electron chi connectivity index (χ1n) is 7.48. The van der Waals surface area contributed by atoms with E-state index in [2.05, 4.69) is 18.6 Å². The van der Waals surface area contributed by atoms with Crippen molar-refractivity contribution in [2.75, 3.05) is 5.01 Å². The Labute approximate surface area is 135 Å². The fourth-order valence-corrected chi connectivity index (χ4v) is 3.00. The van der Waals surface area contributed by atoms with Crippen LogP contribution in [0.15, 0.2) is 67.8 Å². The smallest absolute Gasteiger partial charge is 0.262 e. The average Bonchev–Trinajstić information content (AvgIpc) is 2.80. The van der Waals surface area contributed by atoms with Crippen LogP contribution in [0.25, 0.3) is 10.8 Å². The summed E-state index contributed by atoms with van der Waals surface area (Å²) in [5.74, 6) is -0.576. The highest BCUT2D eigenvalue weighted by atomic mass is 16.2. The molecule has 0 unspecified atom stereocenters. The molecule has 1 saturated heterocycles. The van der Waals surface area contributed by atoms with Crippen LogP contribution in [0.3, 0.4) is 0 Å². The molecule has 2 aromatic rings. The SMILES string of the molecule is C=CCC1(CC=C)C(=O)NN(c2ccc3ccccc3c2)C1=O. The fourth-order valence-electron chi connectivity index (χ4n) is 3.00. The van der Waals surface area contributed by atoms with Gasteiger partial charge in [0.05, 0.1) is 5.69 Å². The van der Waals surface area contributed by atoms with Gasteiger partial charge in [-0.15, -0.1) is 13.2 Å². The molecule has 4 nitrogen and oxygen atoms in total. The zero-order valence-electron chi connectivity index (χ0n) is 12.8. The van der Waals surface area contributed by atoms with Crippen molar-refractivity contribution in [1.82, 2.24) is 5.43 Å². The van der Waals surface area contributed by atoms with E-state index in [9.17, 15) is 9.59 Å². The molecule has 1 aliphatic rings. The third-order valence-electron chi connectivity index (χ3n) is 4.24. The molecule has 0 bridgehead atoms. The number of allylic oxidation sites excluding steroid dienone is 2. The summed E-state index contributed by atoms with van der Waals surface area (Å²) in [6.07, 6.45) is 3.78. The van der Waals surface area contributed by atoms with Crippen molar-refractivity contribution in [2.45, 2.75) is 12.8 Å². The van der Waals surface area contributed by atoms with Crippen LogP contribution in [-0.4, -0.2) is 11.8 Å². The summed E-state index contributed by atoms with van der Waals surface area (Å²) < 4.78 is 0. The van der Waals surface area contributed by atoms with Gasteiger partial charge in [0.15, 0.2) is 0 Å². The lowest BCUT2D eigenvalue weighted by atomic mass is 9.80. The van der Waals surface area contributed by atoms with Crippen LogP contribution < -0.4 is 10.4 Å². The summed E-state index contributed by atoms with van der Waals surface area (Å²) in [6, 6.07) is 13.5. The molecule has 0 atom stereocenters. The number of carbonyl (C=O) groups is 2. The predicted molar refractivity (Wildman–Crippen MR) is 91.6 cm³/mol. The maximum Gasteiger partial charge on any atom is 0.262 e. The minimum absolute atomic E-state index is 0.266. The molecule has 0 aliphatic carbocycles. The molecule has 1 aliphatic heterocycles. The number of carbonyl (C=O) groups excluding carboxylic acids is 2. The standard InChI is InChI=1S/C19H18N2O2/c1-3-11-19(12-4-2)17(22)20-21(18(19)23)16-10-9-14-7-5-6-8-15(14)13-16/h3-10,13H,1-2,11-12H2,(H,20,22). The normalized spacial score (nSPS) is 16.4. The zero-order chi connectivity index (χ0) is 16.4. The lowest BCUT2D eigenvalue weighted by Gasteiger charge is -2.21. The number of anilines is 1. The van der Waals surface area contributed by atoms with Crippen LogP contribution in [0, 0.1) is 5.41 Å². The van der Waals surface area contributed by atoms with Gasteiger partial charge in [-0.05, 0) is 35.7 Å². The van der Waals surface area contributed by atoms with Gasteiger partial charge in [-0.2, -0.15) is 0 Å². The highest BCUT2D eigenvalue weighted by molar-refractivity contribution is 6.18. The summed E-state index contributed by atoms with van der Waals surface area (Å²) in [5.41, 5.74) is 2.20. The summed E-state index contributed by atoms with van der Waals surface area (Å²) in [4.78, 5) is 25.4. The average molecular weight is 306 g/mol. The molecular weight excluding hydrogens is 288 g/mol. The van der Waals surface area contributed by atoms with Gasteiger partial charge in [0.2, 0.25) is 0 Å². The van der Waals surface area contributed by atoms with Crippen molar-refractivity contribution >= 4 is 28.3 Å². The van der Waals surface area contributed by atoms with Gasteiger partial charge in [0.1, 0.15) is 5.41 Å². The Morgan fingerprint density at radius 3 is 2.30 bits per heavy atom. The second-order valence-corrected chi connectivity index (χ2v) is 5.68. The molecule has 116 valence electrons. The summed E-state index contributed by atoms with van der Waals surface area (Å²) in [6.45, 7) is 7.35. The van der Waals surface area contributed by atoms with Gasteiger partial charge >= 0.3 is 0 Å². The minimum Gasteiger partial charge on any atom is -0.272 e. The van der Waals surface area contributed by atoms with Crippen LogP contribution in [0.4, 0.5) is 5.69 Å². The van der Waals surface area contributed by atoms with Crippen LogP contribution in [0.1, 0.15) is 12.8 Å². The van der Waals surface area contributed by atoms with Gasteiger partial charge in [0.25, 0.3) is 11.8 Å².